The Morgan fingerprint density at radius 1 is 1.33 bits per heavy atom. The molecule has 18 heavy (non-hydrogen) atoms. The molecular weight excluding hydrogens is 353 g/mol. The molecule has 0 heterocycles. The maximum Gasteiger partial charge on any atom is 0.394 e. The minimum atomic E-state index is -1.58. The smallest absolute Gasteiger partial charge is 0.394 e. The number of aliphatic hydroxyl groups is 1. The Bertz CT molecular complexity index is 420. The van der Waals surface area contributed by atoms with Gasteiger partial charge in [0.1, 0.15) is 18.5 Å². The molecule has 0 saturated carbocycles. The molecule has 0 saturated heterocycles. The van der Waals surface area contributed by atoms with Crippen LogP contribution in [0.4, 0.5) is 0 Å². The zero-order valence-corrected chi connectivity index (χ0v) is 11.5. The summed E-state index contributed by atoms with van der Waals surface area (Å²) in [6, 6.07) is 7.22. The van der Waals surface area contributed by atoms with Gasteiger partial charge >= 0.3 is 11.9 Å². The van der Waals surface area contributed by atoms with Crippen molar-refractivity contribution in [2.24, 2.45) is 0 Å². The van der Waals surface area contributed by atoms with Crippen molar-refractivity contribution >= 4 is 34.5 Å². The van der Waals surface area contributed by atoms with Crippen LogP contribution >= 0.6 is 22.6 Å². The normalized spacial score (nSPS) is 11.7. The van der Waals surface area contributed by atoms with E-state index >= 15 is 0 Å². The van der Waals surface area contributed by atoms with Crippen LogP contribution < -0.4 is 10.1 Å². The average Bonchev–Trinajstić information content (AvgIpc) is 2.35. The van der Waals surface area contributed by atoms with E-state index in [1.165, 1.54) is 0 Å². The minimum absolute atomic E-state index is 0.0273. The summed E-state index contributed by atoms with van der Waals surface area (Å²) in [5.74, 6) is -2.14. The predicted molar refractivity (Wildman–Crippen MR) is 71.3 cm³/mol. The number of carbonyl (C=O) groups excluding carboxylic acids is 1. The van der Waals surface area contributed by atoms with Gasteiger partial charge < -0.3 is 20.3 Å². The summed E-state index contributed by atoms with van der Waals surface area (Å²) in [5.41, 5.74) is 0. The maximum atomic E-state index is 10.7. The maximum absolute atomic E-state index is 10.7. The van der Waals surface area contributed by atoms with Crippen LogP contribution in [0.5, 0.6) is 5.75 Å². The van der Waals surface area contributed by atoms with Gasteiger partial charge in [-0.1, -0.05) is 0 Å². The molecule has 98 valence electrons. The van der Waals surface area contributed by atoms with Crippen LogP contribution in [-0.2, 0) is 9.59 Å². The number of carbonyl (C=O) groups is 2. The first kappa shape index (κ1) is 14.7. The monoisotopic (exact) mass is 365 g/mol. The van der Waals surface area contributed by atoms with Gasteiger partial charge in [0.2, 0.25) is 0 Å². The first-order valence-electron chi connectivity index (χ1n) is 5.06. The van der Waals surface area contributed by atoms with Crippen LogP contribution in [-0.4, -0.2) is 41.3 Å². The Balaban J connectivity index is 2.28. The van der Waals surface area contributed by atoms with Crippen LogP contribution in [0.1, 0.15) is 0 Å². The Morgan fingerprint density at radius 2 is 1.94 bits per heavy atom. The molecule has 1 unspecified atom stereocenters. The molecule has 0 fully saturated rings. The van der Waals surface area contributed by atoms with Crippen LogP contribution in [0, 0.1) is 3.57 Å². The number of aliphatic carboxylic acids is 1. The number of aliphatic hydroxyl groups excluding tert-OH is 1. The third-order valence-electron chi connectivity index (χ3n) is 1.95. The molecule has 1 aromatic rings. The van der Waals surface area contributed by atoms with Crippen molar-refractivity contribution in [3.8, 4) is 5.75 Å². The number of hydrogen-bond acceptors (Lipinski definition) is 4. The van der Waals surface area contributed by atoms with E-state index in [0.29, 0.717) is 5.75 Å². The molecule has 0 bridgehead atoms. The molecule has 3 N–H and O–H groups in total. The molecule has 0 aliphatic carbocycles. The van der Waals surface area contributed by atoms with Gasteiger partial charge in [-0.25, -0.2) is 4.79 Å². The third-order valence-corrected chi connectivity index (χ3v) is 2.67. The highest BCUT2D eigenvalue weighted by atomic mass is 127. The Labute approximate surface area is 117 Å². The summed E-state index contributed by atoms with van der Waals surface area (Å²) in [6.45, 7) is -0.198. The fourth-order valence-electron chi connectivity index (χ4n) is 1.07. The Morgan fingerprint density at radius 3 is 2.50 bits per heavy atom. The van der Waals surface area contributed by atoms with Gasteiger partial charge in [-0.2, -0.15) is 0 Å². The highest BCUT2D eigenvalue weighted by Crippen LogP contribution is 2.13. The molecule has 1 aromatic carbocycles. The number of halogens is 1. The molecular formula is C11H12INO5. The van der Waals surface area contributed by atoms with E-state index in [0.717, 1.165) is 3.57 Å². The number of amides is 1. The molecule has 6 nitrogen and oxygen atoms in total. The van der Waals surface area contributed by atoms with Gasteiger partial charge in [0, 0.05) is 10.1 Å². The second-order valence-corrected chi connectivity index (χ2v) is 4.68. The minimum Gasteiger partial charge on any atom is -0.491 e. The fraction of sp³-hybridized carbons (Fsp3) is 0.273. The van der Waals surface area contributed by atoms with E-state index in [2.05, 4.69) is 27.9 Å². The van der Waals surface area contributed by atoms with E-state index in [1.54, 1.807) is 12.1 Å². The van der Waals surface area contributed by atoms with Crippen molar-refractivity contribution in [3.05, 3.63) is 27.8 Å². The van der Waals surface area contributed by atoms with Gasteiger partial charge in [-0.3, -0.25) is 4.79 Å². The fourth-order valence-corrected chi connectivity index (χ4v) is 1.43. The number of hydrogen-bond donors (Lipinski definition) is 3. The molecule has 0 spiro atoms. The van der Waals surface area contributed by atoms with Crippen molar-refractivity contribution < 1.29 is 24.5 Å². The van der Waals surface area contributed by atoms with Gasteiger partial charge in [0.25, 0.3) is 0 Å². The molecule has 0 radical (unpaired) electrons. The summed E-state index contributed by atoms with van der Waals surface area (Å²) in [6.07, 6.45) is -0.965. The lowest BCUT2D eigenvalue weighted by Gasteiger charge is -2.12. The van der Waals surface area contributed by atoms with Gasteiger partial charge in [-0.05, 0) is 46.9 Å². The molecule has 0 aromatic heterocycles. The summed E-state index contributed by atoms with van der Waals surface area (Å²) in [4.78, 5) is 20.9. The van der Waals surface area contributed by atoms with Crippen molar-refractivity contribution in [1.82, 2.24) is 5.32 Å². The highest BCUT2D eigenvalue weighted by molar-refractivity contribution is 14.1. The number of rotatable bonds is 5. The SMILES string of the molecule is O=C(O)C(=O)NCC(O)COc1ccc(I)cc1. The van der Waals surface area contributed by atoms with E-state index in [4.69, 9.17) is 9.84 Å². The second kappa shape index (κ2) is 7.17. The van der Waals surface area contributed by atoms with E-state index < -0.39 is 18.0 Å². The van der Waals surface area contributed by atoms with E-state index in [1.807, 2.05) is 12.1 Å². The lowest BCUT2D eigenvalue weighted by atomic mass is 10.3. The standard InChI is InChI=1S/C11H12INO5/c12-7-1-3-9(4-2-7)18-6-8(14)5-13-10(15)11(16)17/h1-4,8,14H,5-6H2,(H,13,15)(H,16,17). The van der Waals surface area contributed by atoms with Crippen molar-refractivity contribution in [1.29, 1.82) is 0 Å². The van der Waals surface area contributed by atoms with Crippen molar-refractivity contribution in [2.45, 2.75) is 6.10 Å². The first-order valence-corrected chi connectivity index (χ1v) is 6.14. The average molecular weight is 365 g/mol. The summed E-state index contributed by atoms with van der Waals surface area (Å²) in [7, 11) is 0. The van der Waals surface area contributed by atoms with Crippen LogP contribution in [0.2, 0.25) is 0 Å². The second-order valence-electron chi connectivity index (χ2n) is 3.43. The number of nitrogens with one attached hydrogen (secondary N) is 1. The van der Waals surface area contributed by atoms with E-state index in [9.17, 15) is 14.7 Å². The third kappa shape index (κ3) is 5.32. The Kier molecular flexibility index (Phi) is 5.86. The lowest BCUT2D eigenvalue weighted by molar-refractivity contribution is -0.150. The number of carboxylic acid groups (broad SMARTS) is 1. The zero-order chi connectivity index (χ0) is 13.5. The summed E-state index contributed by atoms with van der Waals surface area (Å²) >= 11 is 2.16. The number of ether oxygens (including phenoxy) is 1. The molecule has 7 heteroatoms. The van der Waals surface area contributed by atoms with Crippen LogP contribution in [0.15, 0.2) is 24.3 Å². The summed E-state index contributed by atoms with van der Waals surface area (Å²) in [5, 5.41) is 19.8. The first-order chi connectivity index (χ1) is 8.49. The molecule has 1 atom stereocenters. The lowest BCUT2D eigenvalue weighted by Crippen LogP contribution is -2.38. The molecule has 1 rings (SSSR count). The number of benzene rings is 1. The van der Waals surface area contributed by atoms with E-state index in [-0.39, 0.29) is 13.2 Å². The van der Waals surface area contributed by atoms with Gasteiger partial charge in [-0.15, -0.1) is 0 Å². The number of carboxylic acids is 1. The van der Waals surface area contributed by atoms with Crippen molar-refractivity contribution in [3.63, 3.8) is 0 Å². The molecule has 1 amide bonds. The van der Waals surface area contributed by atoms with Crippen LogP contribution in [0.25, 0.3) is 0 Å². The van der Waals surface area contributed by atoms with Crippen LogP contribution in [0.3, 0.4) is 0 Å². The summed E-state index contributed by atoms with van der Waals surface area (Å²) < 4.78 is 6.33. The Hall–Kier alpha value is -1.35. The molecule has 0 aliphatic rings. The largest absolute Gasteiger partial charge is 0.491 e. The highest BCUT2D eigenvalue weighted by Gasteiger charge is 2.13. The van der Waals surface area contributed by atoms with Gasteiger partial charge in [0.05, 0.1) is 0 Å². The topological polar surface area (TPSA) is 95.9 Å². The zero-order valence-electron chi connectivity index (χ0n) is 9.30. The molecule has 0 aliphatic heterocycles. The predicted octanol–water partition coefficient (Wildman–Crippen LogP) is 0.232. The van der Waals surface area contributed by atoms with Crippen molar-refractivity contribution in [2.75, 3.05) is 13.2 Å². The quantitative estimate of drug-likeness (QED) is 0.513. The van der Waals surface area contributed by atoms with Gasteiger partial charge in [0.15, 0.2) is 0 Å².